The fourth-order valence-corrected chi connectivity index (χ4v) is 2.05. The quantitative estimate of drug-likeness (QED) is 0.341. The molecular weight excluding hydrogens is 186 g/mol. The predicted molar refractivity (Wildman–Crippen MR) is 64.5 cm³/mol. The molecule has 0 heterocycles. The lowest BCUT2D eigenvalue weighted by molar-refractivity contribution is 0.527. The maximum absolute atomic E-state index is 5.93. The summed E-state index contributed by atoms with van der Waals surface area (Å²) in [7, 11) is 0. The molecule has 15 heavy (non-hydrogen) atoms. The Bertz CT molecular complexity index is 326. The molecular formula is C12H19N3. The van der Waals surface area contributed by atoms with Crippen molar-refractivity contribution in [1.82, 2.24) is 0 Å². The Morgan fingerprint density at radius 2 is 1.73 bits per heavy atom. The van der Waals surface area contributed by atoms with Gasteiger partial charge in [0.15, 0.2) is 0 Å². The summed E-state index contributed by atoms with van der Waals surface area (Å²) < 4.78 is 0. The van der Waals surface area contributed by atoms with Crippen LogP contribution in [0.3, 0.4) is 0 Å². The lowest BCUT2D eigenvalue weighted by Crippen LogP contribution is -2.41. The van der Waals surface area contributed by atoms with Crippen molar-refractivity contribution >= 4 is 5.84 Å². The molecule has 0 fully saturated rings. The van der Waals surface area contributed by atoms with Crippen LogP contribution in [0.5, 0.6) is 0 Å². The first-order chi connectivity index (χ1) is 7.21. The van der Waals surface area contributed by atoms with E-state index in [9.17, 15) is 0 Å². The Balaban J connectivity index is 3.23. The molecule has 1 aromatic rings. The van der Waals surface area contributed by atoms with Crippen molar-refractivity contribution < 1.29 is 0 Å². The van der Waals surface area contributed by atoms with E-state index in [-0.39, 0.29) is 5.41 Å². The fourth-order valence-electron chi connectivity index (χ4n) is 2.05. The first kappa shape index (κ1) is 11.6. The van der Waals surface area contributed by atoms with Crippen LogP contribution in [-0.4, -0.2) is 5.84 Å². The van der Waals surface area contributed by atoms with Gasteiger partial charge in [0, 0.05) is 0 Å². The zero-order valence-electron chi connectivity index (χ0n) is 9.40. The van der Waals surface area contributed by atoms with E-state index >= 15 is 0 Å². The zero-order chi connectivity index (χ0) is 11.3. The maximum atomic E-state index is 5.93. The van der Waals surface area contributed by atoms with Gasteiger partial charge in [-0.15, -0.1) is 0 Å². The average Bonchev–Trinajstić information content (AvgIpc) is 2.32. The number of nitrogens with zero attached hydrogens (tertiary/aromatic N) is 1. The van der Waals surface area contributed by atoms with Gasteiger partial charge in [0.05, 0.1) is 5.41 Å². The topological polar surface area (TPSA) is 64.4 Å². The fraction of sp³-hybridized carbons (Fsp3) is 0.417. The third kappa shape index (κ3) is 1.96. The number of benzene rings is 1. The van der Waals surface area contributed by atoms with Crippen LogP contribution in [0.2, 0.25) is 0 Å². The summed E-state index contributed by atoms with van der Waals surface area (Å²) in [6.45, 7) is 4.21. The summed E-state index contributed by atoms with van der Waals surface area (Å²) in [4.78, 5) is 0. The van der Waals surface area contributed by atoms with Crippen molar-refractivity contribution in [2.45, 2.75) is 32.1 Å². The molecule has 0 saturated carbocycles. The van der Waals surface area contributed by atoms with Crippen molar-refractivity contribution in [2.24, 2.45) is 16.7 Å². The van der Waals surface area contributed by atoms with Crippen LogP contribution >= 0.6 is 0 Å². The highest BCUT2D eigenvalue weighted by Crippen LogP contribution is 2.31. The molecule has 0 aliphatic carbocycles. The number of hydrogen-bond donors (Lipinski definition) is 2. The number of hydrogen-bond acceptors (Lipinski definition) is 2. The van der Waals surface area contributed by atoms with Crippen LogP contribution in [0.1, 0.15) is 32.3 Å². The van der Waals surface area contributed by atoms with E-state index < -0.39 is 0 Å². The summed E-state index contributed by atoms with van der Waals surface area (Å²) in [5.74, 6) is 5.82. The smallest absolute Gasteiger partial charge is 0.130 e. The van der Waals surface area contributed by atoms with Gasteiger partial charge >= 0.3 is 0 Å². The van der Waals surface area contributed by atoms with Crippen molar-refractivity contribution in [3.05, 3.63) is 35.9 Å². The van der Waals surface area contributed by atoms with E-state index in [2.05, 4.69) is 31.1 Å². The maximum Gasteiger partial charge on any atom is 0.130 e. The van der Waals surface area contributed by atoms with E-state index in [1.807, 2.05) is 18.2 Å². The van der Waals surface area contributed by atoms with Crippen molar-refractivity contribution in [2.75, 3.05) is 0 Å². The predicted octanol–water partition coefficient (Wildman–Crippen LogP) is 1.98. The molecule has 3 heteroatoms. The third-order valence-electron chi connectivity index (χ3n) is 3.16. The van der Waals surface area contributed by atoms with E-state index in [1.54, 1.807) is 0 Å². The molecule has 0 spiro atoms. The largest absolute Gasteiger partial charge is 0.385 e. The third-order valence-corrected chi connectivity index (χ3v) is 3.16. The molecule has 0 radical (unpaired) electrons. The molecule has 0 amide bonds. The van der Waals surface area contributed by atoms with Gasteiger partial charge in [-0.05, 0) is 18.4 Å². The minimum atomic E-state index is -0.212. The Labute approximate surface area is 91.2 Å². The highest BCUT2D eigenvalue weighted by molar-refractivity contribution is 5.91. The van der Waals surface area contributed by atoms with E-state index in [0.29, 0.717) is 5.84 Å². The number of rotatable bonds is 4. The molecule has 0 aliphatic heterocycles. The molecule has 1 rings (SSSR count). The van der Waals surface area contributed by atoms with Gasteiger partial charge in [-0.2, -0.15) is 5.10 Å². The normalized spacial score (nSPS) is 12.8. The van der Waals surface area contributed by atoms with Crippen molar-refractivity contribution in [1.29, 1.82) is 0 Å². The van der Waals surface area contributed by atoms with E-state index in [4.69, 9.17) is 11.6 Å². The molecule has 4 N–H and O–H groups in total. The highest BCUT2D eigenvalue weighted by Gasteiger charge is 2.32. The molecule has 0 saturated heterocycles. The van der Waals surface area contributed by atoms with Gasteiger partial charge in [-0.1, -0.05) is 44.2 Å². The molecule has 1 aromatic carbocycles. The Morgan fingerprint density at radius 1 is 1.20 bits per heavy atom. The summed E-state index contributed by atoms with van der Waals surface area (Å²) in [6, 6.07) is 10.2. The summed E-state index contributed by atoms with van der Waals surface area (Å²) in [5, 5.41) is 3.67. The lowest BCUT2D eigenvalue weighted by atomic mass is 9.75. The van der Waals surface area contributed by atoms with E-state index in [1.165, 1.54) is 5.56 Å². The van der Waals surface area contributed by atoms with Crippen LogP contribution < -0.4 is 11.6 Å². The van der Waals surface area contributed by atoms with Crippen LogP contribution in [0, 0.1) is 0 Å². The van der Waals surface area contributed by atoms with Crippen LogP contribution in [0.25, 0.3) is 0 Å². The summed E-state index contributed by atoms with van der Waals surface area (Å²) >= 11 is 0. The van der Waals surface area contributed by atoms with Crippen LogP contribution in [-0.2, 0) is 5.41 Å². The molecule has 0 aliphatic rings. The molecule has 3 nitrogen and oxygen atoms in total. The Hall–Kier alpha value is -1.51. The van der Waals surface area contributed by atoms with Gasteiger partial charge in [-0.25, -0.2) is 0 Å². The molecule has 0 bridgehead atoms. The SMILES string of the molecule is CCC(CC)(C(N)=NN)c1ccccc1. The second-order valence-electron chi connectivity index (χ2n) is 3.67. The molecule has 0 aromatic heterocycles. The Kier molecular flexibility index (Phi) is 3.72. The van der Waals surface area contributed by atoms with Crippen molar-refractivity contribution in [3.63, 3.8) is 0 Å². The first-order valence-electron chi connectivity index (χ1n) is 5.30. The van der Waals surface area contributed by atoms with Gasteiger partial charge in [0.2, 0.25) is 0 Å². The second kappa shape index (κ2) is 4.82. The van der Waals surface area contributed by atoms with Gasteiger partial charge in [0.25, 0.3) is 0 Å². The molecule has 0 unspecified atom stereocenters. The number of hydrazone groups is 1. The first-order valence-corrected chi connectivity index (χ1v) is 5.30. The summed E-state index contributed by atoms with van der Waals surface area (Å²) in [5.41, 5.74) is 6.90. The van der Waals surface area contributed by atoms with Gasteiger partial charge in [-0.3, -0.25) is 0 Å². The highest BCUT2D eigenvalue weighted by atomic mass is 15.2. The monoisotopic (exact) mass is 205 g/mol. The molecule has 82 valence electrons. The molecule has 0 atom stereocenters. The van der Waals surface area contributed by atoms with E-state index in [0.717, 1.165) is 12.8 Å². The van der Waals surface area contributed by atoms with Gasteiger partial charge < -0.3 is 11.6 Å². The summed E-state index contributed by atoms with van der Waals surface area (Å²) in [6.07, 6.45) is 1.81. The second-order valence-corrected chi connectivity index (χ2v) is 3.67. The zero-order valence-corrected chi connectivity index (χ0v) is 9.40. The standard InChI is InChI=1S/C12H19N3/c1-3-12(4-2,11(13)15-14)10-8-6-5-7-9-10/h5-9H,3-4,14H2,1-2H3,(H2,13,15). The minimum absolute atomic E-state index is 0.212. The van der Waals surface area contributed by atoms with Gasteiger partial charge in [0.1, 0.15) is 5.84 Å². The van der Waals surface area contributed by atoms with Crippen LogP contribution in [0.15, 0.2) is 35.4 Å². The lowest BCUT2D eigenvalue weighted by Gasteiger charge is -2.31. The number of amidine groups is 1. The number of nitrogens with two attached hydrogens (primary N) is 2. The van der Waals surface area contributed by atoms with Crippen LogP contribution in [0.4, 0.5) is 0 Å². The average molecular weight is 205 g/mol. The Morgan fingerprint density at radius 3 is 2.13 bits per heavy atom. The van der Waals surface area contributed by atoms with Crippen molar-refractivity contribution in [3.8, 4) is 0 Å². The minimum Gasteiger partial charge on any atom is -0.385 e.